The highest BCUT2D eigenvalue weighted by Gasteiger charge is 2.22. The standard InChI is InChI=1S/C23H25NO4/c1-6-7-10-19(18-11-8-9-12-20(18)24(4)5)23(27)28-21-15(2)13-17(22(25)26)14-16(21)3/h6-14H,1-5H3,(H,25,26)/p+1. The molecule has 0 saturated carbocycles. The van der Waals surface area contributed by atoms with Crippen molar-refractivity contribution >= 4 is 23.2 Å². The lowest BCUT2D eigenvalue weighted by molar-refractivity contribution is -0.786. The fourth-order valence-corrected chi connectivity index (χ4v) is 3.00. The lowest BCUT2D eigenvalue weighted by Crippen LogP contribution is -3.00. The summed E-state index contributed by atoms with van der Waals surface area (Å²) in [6, 6.07) is 10.7. The molecule has 0 unspecified atom stereocenters. The fourth-order valence-electron chi connectivity index (χ4n) is 3.00. The maximum atomic E-state index is 13.1. The number of ether oxygens (including phenoxy) is 1. The maximum Gasteiger partial charge on any atom is 0.344 e. The number of carbonyl (C=O) groups excluding carboxylic acids is 1. The fraction of sp³-hybridized carbons (Fsp3) is 0.217. The molecule has 0 atom stereocenters. The zero-order valence-electron chi connectivity index (χ0n) is 16.9. The number of esters is 1. The summed E-state index contributed by atoms with van der Waals surface area (Å²) in [4.78, 5) is 25.4. The molecule has 146 valence electrons. The van der Waals surface area contributed by atoms with Gasteiger partial charge >= 0.3 is 11.9 Å². The number of rotatable bonds is 6. The van der Waals surface area contributed by atoms with Crippen LogP contribution in [0.15, 0.2) is 54.6 Å². The summed E-state index contributed by atoms with van der Waals surface area (Å²) in [6.45, 7) is 5.34. The van der Waals surface area contributed by atoms with Crippen LogP contribution in [0.25, 0.3) is 5.57 Å². The lowest BCUT2D eigenvalue weighted by Gasteiger charge is -2.16. The van der Waals surface area contributed by atoms with Gasteiger partial charge in [0.1, 0.15) is 11.4 Å². The van der Waals surface area contributed by atoms with Gasteiger partial charge in [-0.05, 0) is 62.2 Å². The first-order chi connectivity index (χ1) is 13.3. The number of benzene rings is 2. The number of carboxylic acids is 1. The lowest BCUT2D eigenvalue weighted by atomic mass is 10.0. The molecular formula is C23H26NO4+. The molecule has 0 aromatic heterocycles. The predicted octanol–water partition coefficient (Wildman–Crippen LogP) is 3.34. The van der Waals surface area contributed by atoms with Crippen LogP contribution < -0.4 is 9.64 Å². The molecule has 0 aliphatic rings. The molecule has 5 heteroatoms. The van der Waals surface area contributed by atoms with Crippen molar-refractivity contribution in [2.45, 2.75) is 20.8 Å². The van der Waals surface area contributed by atoms with Crippen LogP contribution in [0.5, 0.6) is 5.75 Å². The van der Waals surface area contributed by atoms with Crippen LogP contribution in [0.3, 0.4) is 0 Å². The summed E-state index contributed by atoms with van der Waals surface area (Å²) in [6.07, 6.45) is 5.38. The number of para-hydroxylation sites is 1. The van der Waals surface area contributed by atoms with E-state index in [1.54, 1.807) is 26.0 Å². The molecule has 0 radical (unpaired) electrons. The number of carbonyl (C=O) groups is 2. The average molecular weight is 380 g/mol. The Kier molecular flexibility index (Phi) is 6.90. The second-order valence-corrected chi connectivity index (χ2v) is 6.79. The van der Waals surface area contributed by atoms with E-state index in [1.165, 1.54) is 12.1 Å². The van der Waals surface area contributed by atoms with Crippen LogP contribution in [0.2, 0.25) is 0 Å². The monoisotopic (exact) mass is 380 g/mol. The quantitative estimate of drug-likeness (QED) is 0.349. The minimum atomic E-state index is -1.01. The highest BCUT2D eigenvalue weighted by molar-refractivity contribution is 6.18. The second-order valence-electron chi connectivity index (χ2n) is 6.79. The SMILES string of the molecule is CC=CC=C(C(=O)Oc1c(C)cc(C(=O)O)cc1C)c1ccccc1[NH+](C)C. The molecule has 2 rings (SSSR count). The first-order valence-corrected chi connectivity index (χ1v) is 9.05. The third-order valence-electron chi connectivity index (χ3n) is 4.33. The molecular weight excluding hydrogens is 354 g/mol. The van der Waals surface area contributed by atoms with Crippen molar-refractivity contribution < 1.29 is 24.3 Å². The van der Waals surface area contributed by atoms with Gasteiger partial charge in [0.15, 0.2) is 0 Å². The maximum absolute atomic E-state index is 13.1. The van der Waals surface area contributed by atoms with Crippen LogP contribution in [-0.4, -0.2) is 31.1 Å². The van der Waals surface area contributed by atoms with Gasteiger partial charge in [0.05, 0.1) is 25.2 Å². The molecule has 0 bridgehead atoms. The van der Waals surface area contributed by atoms with E-state index in [4.69, 9.17) is 4.74 Å². The van der Waals surface area contributed by atoms with E-state index < -0.39 is 11.9 Å². The number of allylic oxidation sites excluding steroid dienone is 3. The van der Waals surface area contributed by atoms with E-state index in [1.807, 2.05) is 51.4 Å². The third-order valence-corrected chi connectivity index (χ3v) is 4.33. The van der Waals surface area contributed by atoms with Crippen LogP contribution in [0.1, 0.15) is 34.0 Å². The van der Waals surface area contributed by atoms with Gasteiger partial charge in [-0.25, -0.2) is 9.59 Å². The number of carboxylic acid groups (broad SMARTS) is 1. The highest BCUT2D eigenvalue weighted by Crippen LogP contribution is 2.28. The molecule has 0 spiro atoms. The van der Waals surface area contributed by atoms with E-state index in [0.717, 1.165) is 16.2 Å². The van der Waals surface area contributed by atoms with Crippen molar-refractivity contribution in [3.63, 3.8) is 0 Å². The molecule has 0 aliphatic carbocycles. The van der Waals surface area contributed by atoms with Gasteiger partial charge in [0.2, 0.25) is 0 Å². The number of quaternary nitrogens is 1. The molecule has 0 aliphatic heterocycles. The normalized spacial score (nSPS) is 11.9. The van der Waals surface area contributed by atoms with Crippen molar-refractivity contribution in [1.82, 2.24) is 0 Å². The van der Waals surface area contributed by atoms with Crippen molar-refractivity contribution in [1.29, 1.82) is 0 Å². The molecule has 28 heavy (non-hydrogen) atoms. The zero-order chi connectivity index (χ0) is 20.8. The molecule has 5 nitrogen and oxygen atoms in total. The summed E-state index contributed by atoms with van der Waals surface area (Å²) >= 11 is 0. The van der Waals surface area contributed by atoms with Crippen LogP contribution >= 0.6 is 0 Å². The summed E-state index contributed by atoms with van der Waals surface area (Å²) < 4.78 is 5.72. The van der Waals surface area contributed by atoms with E-state index >= 15 is 0 Å². The van der Waals surface area contributed by atoms with Gasteiger partial charge in [0.25, 0.3) is 0 Å². The van der Waals surface area contributed by atoms with Crippen LogP contribution in [0, 0.1) is 13.8 Å². The van der Waals surface area contributed by atoms with Crippen LogP contribution in [-0.2, 0) is 4.79 Å². The van der Waals surface area contributed by atoms with E-state index in [-0.39, 0.29) is 5.56 Å². The third kappa shape index (κ3) is 4.75. The Labute approximate surface area is 165 Å². The van der Waals surface area contributed by atoms with Gasteiger partial charge in [-0.3, -0.25) is 0 Å². The topological polar surface area (TPSA) is 68.0 Å². The molecule has 2 N–H and O–H groups in total. The first-order valence-electron chi connectivity index (χ1n) is 9.05. The second kappa shape index (κ2) is 9.15. The summed E-state index contributed by atoms with van der Waals surface area (Å²) in [5.41, 5.74) is 3.58. The predicted molar refractivity (Wildman–Crippen MR) is 110 cm³/mol. The van der Waals surface area contributed by atoms with Crippen molar-refractivity contribution in [2.75, 3.05) is 14.1 Å². The largest absolute Gasteiger partial charge is 0.478 e. The summed E-state index contributed by atoms with van der Waals surface area (Å²) in [5.74, 6) is -1.11. The Hall–Kier alpha value is -3.18. The molecule has 0 fully saturated rings. The number of hydrogen-bond acceptors (Lipinski definition) is 3. The Morgan fingerprint density at radius 2 is 1.68 bits per heavy atom. The van der Waals surface area contributed by atoms with Gasteiger partial charge in [0, 0.05) is 5.56 Å². The Morgan fingerprint density at radius 1 is 1.07 bits per heavy atom. The summed E-state index contributed by atoms with van der Waals surface area (Å²) in [7, 11) is 3.99. The number of hydrogen-bond donors (Lipinski definition) is 2. The number of aromatic carboxylic acids is 1. The Balaban J connectivity index is 2.48. The van der Waals surface area contributed by atoms with Crippen LogP contribution in [0.4, 0.5) is 5.69 Å². The van der Waals surface area contributed by atoms with Gasteiger partial charge in [-0.1, -0.05) is 24.3 Å². The Bertz CT molecular complexity index is 932. The number of aryl methyl sites for hydroxylation is 2. The smallest absolute Gasteiger partial charge is 0.344 e. The molecule has 2 aromatic carbocycles. The molecule has 0 amide bonds. The van der Waals surface area contributed by atoms with Crippen molar-refractivity contribution in [2.24, 2.45) is 0 Å². The average Bonchev–Trinajstić information content (AvgIpc) is 2.65. The van der Waals surface area contributed by atoms with Gasteiger partial charge in [-0.2, -0.15) is 0 Å². The zero-order valence-corrected chi connectivity index (χ0v) is 16.9. The van der Waals surface area contributed by atoms with Crippen molar-refractivity contribution in [3.8, 4) is 5.75 Å². The minimum absolute atomic E-state index is 0.168. The van der Waals surface area contributed by atoms with Gasteiger partial charge < -0.3 is 14.7 Å². The molecule has 0 saturated heterocycles. The highest BCUT2D eigenvalue weighted by atomic mass is 16.5. The van der Waals surface area contributed by atoms with E-state index in [2.05, 4.69) is 0 Å². The van der Waals surface area contributed by atoms with E-state index in [9.17, 15) is 14.7 Å². The first kappa shape index (κ1) is 21.1. The summed E-state index contributed by atoms with van der Waals surface area (Å²) in [5, 5.41) is 9.20. The minimum Gasteiger partial charge on any atom is -0.478 e. The molecule has 2 aromatic rings. The molecule has 0 heterocycles. The van der Waals surface area contributed by atoms with Crippen molar-refractivity contribution in [3.05, 3.63) is 76.9 Å². The van der Waals surface area contributed by atoms with Gasteiger partial charge in [-0.15, -0.1) is 0 Å². The van der Waals surface area contributed by atoms with E-state index in [0.29, 0.717) is 22.4 Å². The number of nitrogens with one attached hydrogen (secondary N) is 1. The Morgan fingerprint density at radius 3 is 2.21 bits per heavy atom.